The maximum atomic E-state index is 11.3. The molecule has 6 heteroatoms. The molecular formula is C12H12O6. The highest BCUT2D eigenvalue weighted by atomic mass is 16.6. The fourth-order valence-corrected chi connectivity index (χ4v) is 1.04. The lowest BCUT2D eigenvalue weighted by molar-refractivity contribution is -0.150. The first-order valence-corrected chi connectivity index (χ1v) is 4.95. The number of phenolic OH excluding ortho intramolecular Hbond substituents is 2. The van der Waals surface area contributed by atoms with Crippen LogP contribution in [0.4, 0.5) is 0 Å². The van der Waals surface area contributed by atoms with Gasteiger partial charge >= 0.3 is 11.9 Å². The quantitative estimate of drug-likeness (QED) is 0.474. The Balaban J connectivity index is 2.54. The van der Waals surface area contributed by atoms with Crippen LogP contribution in [0, 0.1) is 0 Å². The zero-order valence-corrected chi connectivity index (χ0v) is 9.67. The van der Waals surface area contributed by atoms with Gasteiger partial charge in [-0.25, -0.2) is 9.59 Å². The summed E-state index contributed by atoms with van der Waals surface area (Å²) in [6, 6.07) is 3.36. The number of carbonyl (C=O) groups is 2. The van der Waals surface area contributed by atoms with Crippen molar-refractivity contribution in [3.8, 4) is 17.2 Å². The van der Waals surface area contributed by atoms with Crippen molar-refractivity contribution in [2.45, 2.75) is 6.92 Å². The first-order chi connectivity index (χ1) is 8.38. The third-order valence-electron chi connectivity index (χ3n) is 1.78. The van der Waals surface area contributed by atoms with Crippen molar-refractivity contribution < 1.29 is 29.3 Å². The van der Waals surface area contributed by atoms with E-state index >= 15 is 0 Å². The van der Waals surface area contributed by atoms with Crippen molar-refractivity contribution in [2.24, 2.45) is 0 Å². The van der Waals surface area contributed by atoms with Gasteiger partial charge in [0.15, 0.2) is 6.61 Å². The molecule has 6 nitrogen and oxygen atoms in total. The zero-order chi connectivity index (χ0) is 13.7. The Morgan fingerprint density at radius 1 is 1.22 bits per heavy atom. The monoisotopic (exact) mass is 252 g/mol. The van der Waals surface area contributed by atoms with Crippen LogP contribution in [-0.2, 0) is 14.3 Å². The van der Waals surface area contributed by atoms with Crippen LogP contribution in [-0.4, -0.2) is 28.8 Å². The second-order valence-corrected chi connectivity index (χ2v) is 3.52. The summed E-state index contributed by atoms with van der Waals surface area (Å²) in [4.78, 5) is 22.3. The van der Waals surface area contributed by atoms with Gasteiger partial charge in [-0.05, 0) is 6.92 Å². The lowest BCUT2D eigenvalue weighted by Gasteiger charge is -2.06. The lowest BCUT2D eigenvalue weighted by Crippen LogP contribution is -2.18. The topological polar surface area (TPSA) is 93.1 Å². The molecule has 0 aliphatic rings. The van der Waals surface area contributed by atoms with Gasteiger partial charge in [-0.2, -0.15) is 0 Å². The Labute approximate surface area is 103 Å². The van der Waals surface area contributed by atoms with Crippen molar-refractivity contribution in [3.63, 3.8) is 0 Å². The van der Waals surface area contributed by atoms with Gasteiger partial charge in [0.2, 0.25) is 0 Å². The largest absolute Gasteiger partial charge is 0.508 e. The van der Waals surface area contributed by atoms with E-state index < -0.39 is 18.5 Å². The number of benzene rings is 1. The van der Waals surface area contributed by atoms with E-state index in [2.05, 4.69) is 11.3 Å². The van der Waals surface area contributed by atoms with Crippen LogP contribution in [0.3, 0.4) is 0 Å². The number of esters is 2. The summed E-state index contributed by atoms with van der Waals surface area (Å²) in [6.07, 6.45) is 0. The second-order valence-electron chi connectivity index (χ2n) is 3.52. The maximum absolute atomic E-state index is 11.3. The molecule has 0 radical (unpaired) electrons. The van der Waals surface area contributed by atoms with Gasteiger partial charge in [-0.15, -0.1) is 0 Å². The van der Waals surface area contributed by atoms with E-state index in [1.807, 2.05) is 0 Å². The Bertz CT molecular complexity index is 471. The first kappa shape index (κ1) is 13.6. The number of rotatable bonds is 4. The molecule has 0 heterocycles. The average Bonchev–Trinajstić information content (AvgIpc) is 2.24. The van der Waals surface area contributed by atoms with E-state index in [0.29, 0.717) is 0 Å². The summed E-state index contributed by atoms with van der Waals surface area (Å²) in [5.74, 6) is -2.10. The third-order valence-corrected chi connectivity index (χ3v) is 1.78. The average molecular weight is 252 g/mol. The molecular weight excluding hydrogens is 240 g/mol. The van der Waals surface area contributed by atoms with Gasteiger partial charge in [-0.3, -0.25) is 0 Å². The molecule has 1 aromatic carbocycles. The highest BCUT2D eigenvalue weighted by Gasteiger charge is 2.11. The molecule has 0 amide bonds. The van der Waals surface area contributed by atoms with Crippen molar-refractivity contribution in [1.82, 2.24) is 0 Å². The molecule has 0 atom stereocenters. The molecule has 18 heavy (non-hydrogen) atoms. The molecule has 0 aliphatic heterocycles. The van der Waals surface area contributed by atoms with Gasteiger partial charge in [0.1, 0.15) is 17.2 Å². The minimum absolute atomic E-state index is 0.0520. The van der Waals surface area contributed by atoms with Crippen LogP contribution in [0.1, 0.15) is 6.92 Å². The molecule has 2 N–H and O–H groups in total. The molecule has 0 aromatic heterocycles. The SMILES string of the molecule is C=C(C)C(=O)OCC(=O)Oc1cc(O)cc(O)c1. The van der Waals surface area contributed by atoms with Crippen LogP contribution < -0.4 is 4.74 Å². The van der Waals surface area contributed by atoms with Crippen LogP contribution in [0.25, 0.3) is 0 Å². The standard InChI is InChI=1S/C12H12O6/c1-7(2)12(16)17-6-11(15)18-10-4-8(13)3-9(14)5-10/h3-5,13-14H,1,6H2,2H3. The molecule has 0 bridgehead atoms. The van der Waals surface area contributed by atoms with E-state index in [9.17, 15) is 9.59 Å². The Morgan fingerprint density at radius 3 is 2.28 bits per heavy atom. The minimum atomic E-state index is -0.838. The molecule has 0 aliphatic carbocycles. The Morgan fingerprint density at radius 2 is 1.78 bits per heavy atom. The van der Waals surface area contributed by atoms with Gasteiger partial charge in [0.25, 0.3) is 0 Å². The molecule has 1 aromatic rings. The summed E-state index contributed by atoms with van der Waals surface area (Å²) in [5.41, 5.74) is 0.165. The summed E-state index contributed by atoms with van der Waals surface area (Å²) < 4.78 is 9.30. The number of hydrogen-bond acceptors (Lipinski definition) is 6. The summed E-state index contributed by atoms with van der Waals surface area (Å²) in [5, 5.41) is 18.3. The molecule has 0 fully saturated rings. The van der Waals surface area contributed by atoms with Gasteiger partial charge in [0, 0.05) is 23.8 Å². The number of hydrogen-bond donors (Lipinski definition) is 2. The predicted octanol–water partition coefficient (Wildman–Crippen LogP) is 1.12. The van der Waals surface area contributed by atoms with Crippen LogP contribution in [0.2, 0.25) is 0 Å². The van der Waals surface area contributed by atoms with Gasteiger partial charge < -0.3 is 19.7 Å². The van der Waals surface area contributed by atoms with Crippen molar-refractivity contribution in [1.29, 1.82) is 0 Å². The second kappa shape index (κ2) is 5.72. The molecule has 96 valence electrons. The molecule has 0 unspecified atom stereocenters. The van der Waals surface area contributed by atoms with Gasteiger partial charge in [-0.1, -0.05) is 6.58 Å². The highest BCUT2D eigenvalue weighted by Crippen LogP contribution is 2.25. The number of aromatic hydroxyl groups is 2. The number of phenols is 2. The molecule has 1 rings (SSSR count). The summed E-state index contributed by atoms with van der Waals surface area (Å²) >= 11 is 0. The van der Waals surface area contributed by atoms with E-state index in [1.54, 1.807) is 0 Å². The Kier molecular flexibility index (Phi) is 4.31. The lowest BCUT2D eigenvalue weighted by atomic mass is 10.3. The first-order valence-electron chi connectivity index (χ1n) is 4.95. The summed E-state index contributed by atoms with van der Waals surface area (Å²) in [6.45, 7) is 4.21. The fourth-order valence-electron chi connectivity index (χ4n) is 1.04. The normalized spacial score (nSPS) is 9.61. The summed E-state index contributed by atoms with van der Waals surface area (Å²) in [7, 11) is 0. The smallest absolute Gasteiger partial charge is 0.349 e. The third kappa shape index (κ3) is 4.17. The zero-order valence-electron chi connectivity index (χ0n) is 9.67. The predicted molar refractivity (Wildman–Crippen MR) is 61.2 cm³/mol. The highest BCUT2D eigenvalue weighted by molar-refractivity contribution is 5.88. The molecule has 0 saturated carbocycles. The fraction of sp³-hybridized carbons (Fsp3) is 0.167. The van der Waals surface area contributed by atoms with E-state index in [4.69, 9.17) is 14.9 Å². The van der Waals surface area contributed by atoms with Crippen LogP contribution in [0.5, 0.6) is 17.2 Å². The van der Waals surface area contributed by atoms with Crippen molar-refractivity contribution in [2.75, 3.05) is 6.61 Å². The van der Waals surface area contributed by atoms with Crippen molar-refractivity contribution in [3.05, 3.63) is 30.4 Å². The van der Waals surface area contributed by atoms with Crippen molar-refractivity contribution >= 4 is 11.9 Å². The number of carbonyl (C=O) groups excluding carboxylic acids is 2. The Hall–Kier alpha value is -2.50. The van der Waals surface area contributed by atoms with Gasteiger partial charge in [0.05, 0.1) is 0 Å². The molecule has 0 saturated heterocycles. The van der Waals surface area contributed by atoms with Crippen LogP contribution in [0.15, 0.2) is 30.4 Å². The van der Waals surface area contributed by atoms with E-state index in [-0.39, 0.29) is 22.8 Å². The van der Waals surface area contributed by atoms with E-state index in [1.165, 1.54) is 6.92 Å². The van der Waals surface area contributed by atoms with Crippen LogP contribution >= 0.6 is 0 Å². The van der Waals surface area contributed by atoms with E-state index in [0.717, 1.165) is 18.2 Å². The maximum Gasteiger partial charge on any atom is 0.349 e. The number of ether oxygens (including phenoxy) is 2. The molecule has 0 spiro atoms. The minimum Gasteiger partial charge on any atom is -0.508 e.